The third-order valence-electron chi connectivity index (χ3n) is 4.09. The van der Waals surface area contributed by atoms with Crippen LogP contribution in [0.25, 0.3) is 0 Å². The van der Waals surface area contributed by atoms with E-state index in [0.29, 0.717) is 11.7 Å². The summed E-state index contributed by atoms with van der Waals surface area (Å²) in [6.45, 7) is 2.24. The Balaban J connectivity index is 2.00. The van der Waals surface area contributed by atoms with E-state index < -0.39 is 0 Å². The molecule has 1 heterocycles. The second-order valence-corrected chi connectivity index (χ2v) is 5.61. The Bertz CT molecular complexity index is 444. The van der Waals surface area contributed by atoms with Gasteiger partial charge in [0, 0.05) is 13.1 Å². The van der Waals surface area contributed by atoms with Crippen LogP contribution in [0, 0.1) is 5.92 Å². The Morgan fingerprint density at radius 1 is 1.37 bits per heavy atom. The van der Waals surface area contributed by atoms with E-state index in [1.807, 2.05) is 7.05 Å². The number of rotatable bonds is 3. The normalized spacial score (nSPS) is 23.1. The topological polar surface area (TPSA) is 46.1 Å². The van der Waals surface area contributed by atoms with E-state index >= 15 is 0 Å². The molecule has 19 heavy (non-hydrogen) atoms. The maximum Gasteiger partial charge on any atom is 0.274 e. The Morgan fingerprint density at radius 3 is 2.63 bits per heavy atom. The van der Waals surface area contributed by atoms with Gasteiger partial charge in [0.05, 0.1) is 12.4 Å². The largest absolute Gasteiger partial charge is 0.337 e. The lowest BCUT2D eigenvalue weighted by atomic mass is 9.84. The van der Waals surface area contributed by atoms with E-state index in [0.717, 1.165) is 18.8 Å². The van der Waals surface area contributed by atoms with Crippen LogP contribution < -0.4 is 0 Å². The number of hydrogen-bond donors (Lipinski definition) is 0. The number of halogens is 1. The molecule has 4 nitrogen and oxygen atoms in total. The molecule has 1 aliphatic rings. The molecule has 1 aromatic heterocycles. The summed E-state index contributed by atoms with van der Waals surface area (Å²) >= 11 is 5.77. The molecule has 1 amide bonds. The van der Waals surface area contributed by atoms with Crippen LogP contribution >= 0.6 is 11.6 Å². The van der Waals surface area contributed by atoms with Crippen LogP contribution in [-0.4, -0.2) is 33.9 Å². The lowest BCUT2D eigenvalue weighted by Gasteiger charge is -2.34. The number of amides is 1. The summed E-state index contributed by atoms with van der Waals surface area (Å²) in [6, 6.07) is 0.316. The number of carbonyl (C=O) groups excluding carboxylic acids is 1. The van der Waals surface area contributed by atoms with E-state index in [4.69, 9.17) is 11.6 Å². The quantitative estimate of drug-likeness (QED) is 0.855. The minimum atomic E-state index is -0.0880. The molecule has 0 bridgehead atoms. The lowest BCUT2D eigenvalue weighted by molar-refractivity contribution is 0.0668. The SMILES string of the molecule is CCC1CCC(N(C)C(=O)c2cncc(Cl)n2)CC1. The third kappa shape index (κ3) is 3.44. The summed E-state index contributed by atoms with van der Waals surface area (Å²) < 4.78 is 0. The lowest BCUT2D eigenvalue weighted by Crippen LogP contribution is -2.39. The van der Waals surface area contributed by atoms with Crippen molar-refractivity contribution in [3.8, 4) is 0 Å². The van der Waals surface area contributed by atoms with Crippen molar-refractivity contribution in [2.75, 3.05) is 7.05 Å². The van der Waals surface area contributed by atoms with Gasteiger partial charge in [0.1, 0.15) is 10.8 Å². The fourth-order valence-electron chi connectivity index (χ4n) is 2.73. The first-order chi connectivity index (χ1) is 9.11. The van der Waals surface area contributed by atoms with Crippen LogP contribution in [0.1, 0.15) is 49.5 Å². The zero-order valence-electron chi connectivity index (χ0n) is 11.5. The monoisotopic (exact) mass is 281 g/mol. The molecule has 1 aromatic rings. The van der Waals surface area contributed by atoms with Crippen molar-refractivity contribution in [1.29, 1.82) is 0 Å². The summed E-state index contributed by atoms with van der Waals surface area (Å²) in [4.78, 5) is 22.1. The van der Waals surface area contributed by atoms with Crippen LogP contribution in [0.4, 0.5) is 0 Å². The molecule has 0 aromatic carbocycles. The van der Waals surface area contributed by atoms with Crippen molar-refractivity contribution in [2.45, 2.75) is 45.1 Å². The van der Waals surface area contributed by atoms with E-state index in [-0.39, 0.29) is 11.1 Å². The van der Waals surface area contributed by atoms with Gasteiger partial charge in [-0.2, -0.15) is 0 Å². The smallest absolute Gasteiger partial charge is 0.274 e. The average Bonchev–Trinajstić information content (AvgIpc) is 2.46. The molecule has 0 spiro atoms. The van der Waals surface area contributed by atoms with Crippen molar-refractivity contribution < 1.29 is 4.79 Å². The Morgan fingerprint density at radius 2 is 2.05 bits per heavy atom. The van der Waals surface area contributed by atoms with E-state index in [1.165, 1.54) is 31.7 Å². The van der Waals surface area contributed by atoms with Crippen LogP contribution in [0.3, 0.4) is 0 Å². The van der Waals surface area contributed by atoms with Gasteiger partial charge in [-0.05, 0) is 31.6 Å². The van der Waals surface area contributed by atoms with Crippen LogP contribution in [0.15, 0.2) is 12.4 Å². The molecule has 0 aliphatic heterocycles. The summed E-state index contributed by atoms with van der Waals surface area (Å²) in [5, 5.41) is 0.258. The molecule has 0 unspecified atom stereocenters. The van der Waals surface area contributed by atoms with Crippen molar-refractivity contribution in [3.63, 3.8) is 0 Å². The molecule has 0 N–H and O–H groups in total. The molecule has 104 valence electrons. The summed E-state index contributed by atoms with van der Waals surface area (Å²) in [7, 11) is 1.85. The van der Waals surface area contributed by atoms with Crippen molar-refractivity contribution >= 4 is 17.5 Å². The van der Waals surface area contributed by atoms with Crippen molar-refractivity contribution in [2.24, 2.45) is 5.92 Å². The van der Waals surface area contributed by atoms with E-state index in [1.54, 1.807) is 4.90 Å². The highest BCUT2D eigenvalue weighted by molar-refractivity contribution is 6.29. The van der Waals surface area contributed by atoms with E-state index in [9.17, 15) is 4.79 Å². The van der Waals surface area contributed by atoms with E-state index in [2.05, 4.69) is 16.9 Å². The summed E-state index contributed by atoms with van der Waals surface area (Å²) in [6.07, 6.45) is 8.72. The van der Waals surface area contributed by atoms with Gasteiger partial charge in [0.15, 0.2) is 0 Å². The predicted octanol–water partition coefficient (Wildman–Crippen LogP) is 3.17. The molecule has 5 heteroatoms. The number of carbonyl (C=O) groups is 1. The predicted molar refractivity (Wildman–Crippen MR) is 75.2 cm³/mol. The van der Waals surface area contributed by atoms with Crippen LogP contribution in [-0.2, 0) is 0 Å². The second-order valence-electron chi connectivity index (χ2n) is 5.23. The molecule has 2 rings (SSSR count). The number of aromatic nitrogens is 2. The molecule has 1 saturated carbocycles. The van der Waals surface area contributed by atoms with Gasteiger partial charge in [-0.1, -0.05) is 24.9 Å². The molecule has 1 fully saturated rings. The standard InChI is InChI=1S/C14H20ClN3O/c1-3-10-4-6-11(7-5-10)18(2)14(19)12-8-16-9-13(15)17-12/h8-11H,3-7H2,1-2H3. The van der Waals surface area contributed by atoms with Crippen LogP contribution in [0.5, 0.6) is 0 Å². The van der Waals surface area contributed by atoms with Gasteiger partial charge < -0.3 is 4.90 Å². The minimum Gasteiger partial charge on any atom is -0.337 e. The molecule has 0 saturated heterocycles. The maximum atomic E-state index is 12.3. The van der Waals surface area contributed by atoms with Crippen LogP contribution in [0.2, 0.25) is 5.15 Å². The maximum absolute atomic E-state index is 12.3. The third-order valence-corrected chi connectivity index (χ3v) is 4.27. The molecule has 0 radical (unpaired) electrons. The van der Waals surface area contributed by atoms with Gasteiger partial charge >= 0.3 is 0 Å². The van der Waals surface area contributed by atoms with Gasteiger partial charge in [-0.15, -0.1) is 0 Å². The van der Waals surface area contributed by atoms with Gasteiger partial charge in [-0.25, -0.2) is 4.98 Å². The summed E-state index contributed by atoms with van der Waals surface area (Å²) in [5.74, 6) is 0.737. The first kappa shape index (κ1) is 14.3. The van der Waals surface area contributed by atoms with Gasteiger partial charge in [0.2, 0.25) is 0 Å². The fourth-order valence-corrected chi connectivity index (χ4v) is 2.88. The second kappa shape index (κ2) is 6.33. The Labute approximate surface area is 119 Å². The summed E-state index contributed by atoms with van der Waals surface area (Å²) in [5.41, 5.74) is 0.326. The minimum absolute atomic E-state index is 0.0880. The number of nitrogens with zero attached hydrogens (tertiary/aromatic N) is 3. The molecular weight excluding hydrogens is 262 g/mol. The highest BCUT2D eigenvalue weighted by Crippen LogP contribution is 2.29. The first-order valence-electron chi connectivity index (χ1n) is 6.86. The molecule has 1 aliphatic carbocycles. The average molecular weight is 282 g/mol. The zero-order chi connectivity index (χ0) is 13.8. The van der Waals surface area contributed by atoms with Crippen molar-refractivity contribution in [1.82, 2.24) is 14.9 Å². The zero-order valence-corrected chi connectivity index (χ0v) is 12.2. The fraction of sp³-hybridized carbons (Fsp3) is 0.643. The van der Waals surface area contributed by atoms with Gasteiger partial charge in [0.25, 0.3) is 5.91 Å². The van der Waals surface area contributed by atoms with Gasteiger partial charge in [-0.3, -0.25) is 9.78 Å². The molecular formula is C14H20ClN3O. The highest BCUT2D eigenvalue weighted by Gasteiger charge is 2.27. The Hall–Kier alpha value is -1.16. The van der Waals surface area contributed by atoms with Crippen molar-refractivity contribution in [3.05, 3.63) is 23.2 Å². The Kier molecular flexibility index (Phi) is 4.75. The first-order valence-corrected chi connectivity index (χ1v) is 7.24. The molecule has 0 atom stereocenters. The highest BCUT2D eigenvalue weighted by atomic mass is 35.5. The number of hydrogen-bond acceptors (Lipinski definition) is 3.